The Morgan fingerprint density at radius 1 is 1.06 bits per heavy atom. The van der Waals surface area contributed by atoms with Crippen LogP contribution in [0.1, 0.15) is 22.3 Å². The molecule has 0 aliphatic carbocycles. The average Bonchev–Trinajstić information content (AvgIpc) is 3.08. The van der Waals surface area contributed by atoms with Crippen LogP contribution >= 0.6 is 11.8 Å². The second kappa shape index (κ2) is 10.6. The zero-order chi connectivity index (χ0) is 24.9. The van der Waals surface area contributed by atoms with Crippen LogP contribution in [0.3, 0.4) is 0 Å². The molecule has 0 atom stereocenters. The van der Waals surface area contributed by atoms with Crippen LogP contribution in [0.2, 0.25) is 0 Å². The average molecular weight is 491 g/mol. The van der Waals surface area contributed by atoms with Crippen LogP contribution in [0.15, 0.2) is 71.6 Å². The molecule has 1 saturated heterocycles. The number of anilines is 1. The molecule has 1 fully saturated rings. The van der Waals surface area contributed by atoms with E-state index in [0.29, 0.717) is 22.6 Å². The Kier molecular flexibility index (Phi) is 7.31. The van der Waals surface area contributed by atoms with Gasteiger partial charge in [0.05, 0.1) is 4.91 Å². The topological polar surface area (TPSA) is 75.7 Å². The van der Waals surface area contributed by atoms with Gasteiger partial charge in [0, 0.05) is 11.3 Å². The lowest BCUT2D eigenvalue weighted by Gasteiger charge is -2.14. The van der Waals surface area contributed by atoms with Gasteiger partial charge in [-0.1, -0.05) is 48.0 Å². The van der Waals surface area contributed by atoms with E-state index >= 15 is 0 Å². The normalized spacial score (nSPS) is 14.5. The van der Waals surface area contributed by atoms with E-state index in [0.717, 1.165) is 27.8 Å². The third-order valence-electron chi connectivity index (χ3n) is 5.34. The van der Waals surface area contributed by atoms with Crippen molar-refractivity contribution in [3.05, 3.63) is 99.7 Å². The number of carbonyl (C=O) groups excluding carboxylic acids is 3. The predicted molar refractivity (Wildman–Crippen MR) is 134 cm³/mol. The molecule has 0 bridgehead atoms. The lowest BCUT2D eigenvalue weighted by molar-refractivity contribution is -0.127. The minimum absolute atomic E-state index is 0.0577. The molecule has 1 heterocycles. The Balaban J connectivity index is 1.41. The Morgan fingerprint density at radius 3 is 2.63 bits per heavy atom. The molecule has 178 valence electrons. The summed E-state index contributed by atoms with van der Waals surface area (Å²) in [5, 5.41) is 2.24. The molecule has 1 N–H and O–H groups in total. The minimum Gasteiger partial charge on any atom is -0.489 e. The molecule has 0 saturated carbocycles. The number of hydrogen-bond donors (Lipinski definition) is 1. The van der Waals surface area contributed by atoms with E-state index in [1.807, 2.05) is 26.0 Å². The molecule has 3 aromatic rings. The van der Waals surface area contributed by atoms with Crippen molar-refractivity contribution in [2.45, 2.75) is 20.5 Å². The highest BCUT2D eigenvalue weighted by atomic mass is 32.2. The maximum Gasteiger partial charge on any atom is 0.294 e. The van der Waals surface area contributed by atoms with E-state index in [9.17, 15) is 18.8 Å². The number of nitrogens with zero attached hydrogens (tertiary/aromatic N) is 1. The first-order valence-electron chi connectivity index (χ1n) is 10.9. The van der Waals surface area contributed by atoms with Crippen molar-refractivity contribution in [1.82, 2.24) is 4.90 Å². The number of benzene rings is 3. The second-order valence-corrected chi connectivity index (χ2v) is 9.08. The highest BCUT2D eigenvalue weighted by molar-refractivity contribution is 8.18. The largest absolute Gasteiger partial charge is 0.489 e. The van der Waals surface area contributed by atoms with Crippen molar-refractivity contribution in [3.8, 4) is 5.75 Å². The number of amides is 3. The van der Waals surface area contributed by atoms with Gasteiger partial charge in [-0.2, -0.15) is 0 Å². The summed E-state index contributed by atoms with van der Waals surface area (Å²) in [6, 6.07) is 18.9. The van der Waals surface area contributed by atoms with Gasteiger partial charge in [-0.05, 0) is 67.1 Å². The summed E-state index contributed by atoms with van der Waals surface area (Å²) in [5.41, 5.74) is 3.66. The van der Waals surface area contributed by atoms with Gasteiger partial charge in [-0.3, -0.25) is 19.3 Å². The first-order valence-corrected chi connectivity index (χ1v) is 11.7. The number of aryl methyl sites for hydroxylation is 2. The fraction of sp³-hybridized carbons (Fsp3) is 0.148. The van der Waals surface area contributed by atoms with Crippen LogP contribution < -0.4 is 10.1 Å². The number of imide groups is 1. The summed E-state index contributed by atoms with van der Waals surface area (Å²) in [6.45, 7) is 3.51. The molecule has 0 aromatic heterocycles. The van der Waals surface area contributed by atoms with Gasteiger partial charge in [0.25, 0.3) is 11.1 Å². The Labute approximate surface area is 206 Å². The molecule has 1 aliphatic rings. The molecule has 0 unspecified atom stereocenters. The molecule has 0 spiro atoms. The Hall–Kier alpha value is -3.91. The van der Waals surface area contributed by atoms with Crippen LogP contribution in [0.5, 0.6) is 5.75 Å². The number of nitrogens with one attached hydrogen (secondary N) is 1. The summed E-state index contributed by atoms with van der Waals surface area (Å²) in [4.78, 5) is 38.9. The Morgan fingerprint density at radius 2 is 1.86 bits per heavy atom. The zero-order valence-electron chi connectivity index (χ0n) is 19.2. The first kappa shape index (κ1) is 24.2. The number of hydrogen-bond acceptors (Lipinski definition) is 5. The first-order chi connectivity index (χ1) is 16.8. The molecular formula is C27H23FN2O4S. The SMILES string of the molecule is Cc1ccc(NC(=O)CN2C(=O)S/C(=C/c3cccc(OCc4ccccc4F)c3)C2=O)c(C)c1. The van der Waals surface area contributed by atoms with E-state index in [-0.39, 0.29) is 23.9 Å². The van der Waals surface area contributed by atoms with Crippen LogP contribution in [0.25, 0.3) is 6.08 Å². The fourth-order valence-corrected chi connectivity index (χ4v) is 4.38. The van der Waals surface area contributed by atoms with Crippen LogP contribution in [-0.2, 0) is 16.2 Å². The highest BCUT2D eigenvalue weighted by Gasteiger charge is 2.36. The van der Waals surface area contributed by atoms with Crippen molar-refractivity contribution in [3.63, 3.8) is 0 Å². The summed E-state index contributed by atoms with van der Waals surface area (Å²) in [7, 11) is 0. The third kappa shape index (κ3) is 5.96. The zero-order valence-corrected chi connectivity index (χ0v) is 20.0. The molecule has 3 aromatic carbocycles. The highest BCUT2D eigenvalue weighted by Crippen LogP contribution is 2.32. The molecule has 0 radical (unpaired) electrons. The van der Waals surface area contributed by atoms with Crippen molar-refractivity contribution in [2.24, 2.45) is 0 Å². The van der Waals surface area contributed by atoms with Gasteiger partial charge in [0.15, 0.2) is 0 Å². The Bertz CT molecular complexity index is 1340. The van der Waals surface area contributed by atoms with E-state index in [1.165, 1.54) is 6.07 Å². The molecule has 6 nitrogen and oxygen atoms in total. The molecule has 8 heteroatoms. The predicted octanol–water partition coefficient (Wildman–Crippen LogP) is 5.70. The fourth-order valence-electron chi connectivity index (χ4n) is 3.55. The van der Waals surface area contributed by atoms with Crippen LogP contribution in [-0.4, -0.2) is 28.5 Å². The number of halogens is 1. The number of ether oxygens (including phenoxy) is 1. The van der Waals surface area contributed by atoms with Gasteiger partial charge in [0.2, 0.25) is 5.91 Å². The van der Waals surface area contributed by atoms with Crippen molar-refractivity contribution in [2.75, 3.05) is 11.9 Å². The van der Waals surface area contributed by atoms with E-state index < -0.39 is 17.1 Å². The smallest absolute Gasteiger partial charge is 0.294 e. The second-order valence-electron chi connectivity index (χ2n) is 8.09. The summed E-state index contributed by atoms with van der Waals surface area (Å²) in [6.07, 6.45) is 1.57. The monoisotopic (exact) mass is 490 g/mol. The summed E-state index contributed by atoms with van der Waals surface area (Å²) in [5.74, 6) is -0.842. The van der Waals surface area contributed by atoms with Crippen LogP contribution in [0, 0.1) is 19.7 Å². The van der Waals surface area contributed by atoms with Gasteiger partial charge >= 0.3 is 0 Å². The van der Waals surface area contributed by atoms with Gasteiger partial charge < -0.3 is 10.1 Å². The third-order valence-corrected chi connectivity index (χ3v) is 6.25. The molecule has 35 heavy (non-hydrogen) atoms. The quantitative estimate of drug-likeness (QED) is 0.430. The molecule has 1 aliphatic heterocycles. The summed E-state index contributed by atoms with van der Waals surface area (Å²) >= 11 is 0.776. The summed E-state index contributed by atoms with van der Waals surface area (Å²) < 4.78 is 19.5. The molecular weight excluding hydrogens is 467 g/mol. The van der Waals surface area contributed by atoms with E-state index in [4.69, 9.17) is 4.74 Å². The minimum atomic E-state index is -0.534. The van der Waals surface area contributed by atoms with E-state index in [2.05, 4.69) is 5.32 Å². The van der Waals surface area contributed by atoms with Gasteiger partial charge in [0.1, 0.15) is 24.7 Å². The van der Waals surface area contributed by atoms with Gasteiger partial charge in [-0.15, -0.1) is 0 Å². The van der Waals surface area contributed by atoms with Crippen molar-refractivity contribution < 1.29 is 23.5 Å². The standard InChI is InChI=1S/C27H23FN2O4S/c1-17-10-11-23(18(2)12-17)29-25(31)15-30-26(32)24(35-27(30)33)14-19-6-5-8-21(13-19)34-16-20-7-3-4-9-22(20)28/h3-14H,15-16H2,1-2H3,(H,29,31)/b24-14+. The van der Waals surface area contributed by atoms with Crippen molar-refractivity contribution in [1.29, 1.82) is 0 Å². The number of thioether (sulfide) groups is 1. The molecule has 3 amide bonds. The lowest BCUT2D eigenvalue weighted by atomic mass is 10.1. The maximum absolute atomic E-state index is 13.8. The lowest BCUT2D eigenvalue weighted by Crippen LogP contribution is -2.36. The molecule has 4 rings (SSSR count). The maximum atomic E-state index is 13.8. The van der Waals surface area contributed by atoms with Crippen LogP contribution in [0.4, 0.5) is 14.9 Å². The van der Waals surface area contributed by atoms with Crippen molar-refractivity contribution >= 4 is 40.6 Å². The number of rotatable bonds is 7. The van der Waals surface area contributed by atoms with Gasteiger partial charge in [-0.25, -0.2) is 4.39 Å². The number of carbonyl (C=O) groups is 3. The van der Waals surface area contributed by atoms with E-state index in [1.54, 1.807) is 54.6 Å².